The zero-order valence-corrected chi connectivity index (χ0v) is 23.8. The molecule has 0 aliphatic carbocycles. The lowest BCUT2D eigenvalue weighted by Gasteiger charge is -2.36. The topological polar surface area (TPSA) is 85.2 Å². The molecule has 4 heterocycles. The Kier molecular flexibility index (Phi) is 8.09. The quantitative estimate of drug-likeness (QED) is 0.276. The molecule has 5 rings (SSSR count). The summed E-state index contributed by atoms with van der Waals surface area (Å²) in [5.74, 6) is -0.244. The number of hydrazone groups is 1. The summed E-state index contributed by atoms with van der Waals surface area (Å²) in [6.45, 7) is 5.62. The van der Waals surface area contributed by atoms with Crippen molar-refractivity contribution < 1.29 is 14.7 Å². The number of amides is 2. The van der Waals surface area contributed by atoms with Crippen molar-refractivity contribution in [3.63, 3.8) is 0 Å². The highest BCUT2D eigenvalue weighted by Crippen LogP contribution is 2.39. The lowest BCUT2D eigenvalue weighted by molar-refractivity contribution is 0.0649. The molecule has 0 spiro atoms. The molecule has 7 nitrogen and oxygen atoms in total. The fourth-order valence-electron chi connectivity index (χ4n) is 4.94. The number of carbonyl (C=O) groups is 2. The predicted octanol–water partition coefficient (Wildman–Crippen LogP) is 5.80. The molecule has 2 saturated heterocycles. The Morgan fingerprint density at radius 3 is 2.41 bits per heavy atom. The average Bonchev–Trinajstić information content (AvgIpc) is 3.69. The van der Waals surface area contributed by atoms with Crippen LogP contribution >= 0.6 is 38.6 Å². The molecule has 3 aromatic rings. The van der Waals surface area contributed by atoms with Gasteiger partial charge in [-0.25, -0.2) is 5.43 Å². The Hall–Kier alpha value is -2.53. The molecule has 0 radical (unpaired) electrons. The van der Waals surface area contributed by atoms with Gasteiger partial charge in [-0.1, -0.05) is 28.1 Å². The van der Waals surface area contributed by atoms with E-state index < -0.39 is 0 Å². The van der Waals surface area contributed by atoms with Gasteiger partial charge < -0.3 is 14.9 Å². The summed E-state index contributed by atoms with van der Waals surface area (Å²) in [7, 11) is 0. The van der Waals surface area contributed by atoms with Crippen molar-refractivity contribution in [3.8, 4) is 16.2 Å². The smallest absolute Gasteiger partial charge is 0.281 e. The molecule has 2 N–H and O–H groups in total. The fraction of sp³-hybridized carbons (Fsp3) is 0.370. The zero-order chi connectivity index (χ0) is 25.9. The predicted molar refractivity (Wildman–Crippen MR) is 153 cm³/mol. The normalized spacial score (nSPS) is 17.4. The number of benzene rings is 1. The van der Waals surface area contributed by atoms with Crippen molar-refractivity contribution in [1.29, 1.82) is 0 Å². The molecule has 0 atom stereocenters. The molecule has 37 heavy (non-hydrogen) atoms. The van der Waals surface area contributed by atoms with Crippen LogP contribution in [0.15, 0.2) is 51.4 Å². The van der Waals surface area contributed by atoms with Gasteiger partial charge >= 0.3 is 0 Å². The minimum absolute atomic E-state index is 0.00716. The number of aromatic hydroxyl groups is 1. The summed E-state index contributed by atoms with van der Waals surface area (Å²) in [6.07, 6.45) is 4.59. The number of likely N-dealkylation sites (tertiary alicyclic amines) is 2. The Morgan fingerprint density at radius 2 is 1.70 bits per heavy atom. The molecular formula is C27H29BrN4O3S2. The minimum Gasteiger partial charge on any atom is -0.506 e. The van der Waals surface area contributed by atoms with Crippen molar-refractivity contribution in [2.24, 2.45) is 5.10 Å². The van der Waals surface area contributed by atoms with E-state index >= 15 is 0 Å². The van der Waals surface area contributed by atoms with Gasteiger partial charge in [-0.05, 0) is 75.5 Å². The van der Waals surface area contributed by atoms with Gasteiger partial charge in [-0.2, -0.15) is 5.10 Å². The third kappa shape index (κ3) is 5.82. The van der Waals surface area contributed by atoms with Crippen LogP contribution in [0.4, 0.5) is 0 Å². The van der Waals surface area contributed by atoms with Gasteiger partial charge in [0, 0.05) is 29.0 Å². The van der Waals surface area contributed by atoms with E-state index in [1.54, 1.807) is 19.1 Å². The third-order valence-electron chi connectivity index (χ3n) is 7.04. The maximum atomic E-state index is 13.0. The summed E-state index contributed by atoms with van der Waals surface area (Å²) in [5.41, 5.74) is 4.54. The molecule has 2 aliphatic rings. The molecule has 0 saturated carbocycles. The van der Waals surface area contributed by atoms with E-state index in [4.69, 9.17) is 0 Å². The van der Waals surface area contributed by atoms with Crippen LogP contribution < -0.4 is 5.43 Å². The third-order valence-corrected chi connectivity index (χ3v) is 9.65. The molecule has 2 fully saturated rings. The highest BCUT2D eigenvalue weighted by molar-refractivity contribution is 9.10. The van der Waals surface area contributed by atoms with Gasteiger partial charge in [-0.3, -0.25) is 9.59 Å². The second-order valence-corrected chi connectivity index (χ2v) is 12.3. The van der Waals surface area contributed by atoms with Crippen molar-refractivity contribution in [2.75, 3.05) is 26.2 Å². The van der Waals surface area contributed by atoms with Crippen LogP contribution in [-0.4, -0.2) is 64.7 Å². The number of hydrogen-bond acceptors (Lipinski definition) is 7. The van der Waals surface area contributed by atoms with E-state index in [0.717, 1.165) is 40.8 Å². The Labute approximate surface area is 232 Å². The van der Waals surface area contributed by atoms with Crippen molar-refractivity contribution in [2.45, 2.75) is 38.6 Å². The number of halogens is 1. The van der Waals surface area contributed by atoms with Crippen LogP contribution in [0, 0.1) is 0 Å². The highest BCUT2D eigenvalue weighted by Gasteiger charge is 2.29. The molecule has 0 bridgehead atoms. The second kappa shape index (κ2) is 11.5. The summed E-state index contributed by atoms with van der Waals surface area (Å²) in [6, 6.07) is 11.7. The van der Waals surface area contributed by atoms with Gasteiger partial charge in [0.15, 0.2) is 0 Å². The average molecular weight is 602 g/mol. The van der Waals surface area contributed by atoms with Crippen LogP contribution in [-0.2, 0) is 0 Å². The Bertz CT molecular complexity index is 1300. The molecule has 2 aliphatic heterocycles. The molecular weight excluding hydrogens is 572 g/mol. The first-order valence-electron chi connectivity index (χ1n) is 12.5. The molecule has 2 aromatic heterocycles. The maximum absolute atomic E-state index is 13.0. The van der Waals surface area contributed by atoms with E-state index in [-0.39, 0.29) is 17.6 Å². The van der Waals surface area contributed by atoms with Crippen molar-refractivity contribution in [3.05, 3.63) is 61.6 Å². The Morgan fingerprint density at radius 1 is 1.03 bits per heavy atom. The zero-order valence-electron chi connectivity index (χ0n) is 20.6. The number of nitrogens with one attached hydrogen (secondary N) is 1. The number of carbonyl (C=O) groups excluding carboxylic acids is 2. The van der Waals surface area contributed by atoms with Crippen molar-refractivity contribution >= 4 is 56.1 Å². The van der Waals surface area contributed by atoms with E-state index in [9.17, 15) is 14.7 Å². The number of hydrogen-bond donors (Lipinski definition) is 2. The molecule has 0 unspecified atom stereocenters. The first-order valence-corrected chi connectivity index (χ1v) is 14.9. The molecule has 1 aromatic carbocycles. The molecule has 2 amide bonds. The maximum Gasteiger partial charge on any atom is 0.281 e. The van der Waals surface area contributed by atoms with Gasteiger partial charge in [0.25, 0.3) is 11.8 Å². The molecule has 194 valence electrons. The van der Waals surface area contributed by atoms with Gasteiger partial charge in [0.2, 0.25) is 0 Å². The minimum atomic E-state index is -0.376. The SMILES string of the molecule is C/C(=N\NC(=O)c1ccc(C(=O)N2CCC(N3CCCC3)CC2)s1)c1csc(-c2ccc(Br)cc2)c1O. The summed E-state index contributed by atoms with van der Waals surface area (Å²) in [5, 5.41) is 16.8. The monoisotopic (exact) mass is 600 g/mol. The summed E-state index contributed by atoms with van der Waals surface area (Å²) >= 11 is 6.03. The number of rotatable bonds is 6. The van der Waals surface area contributed by atoms with Gasteiger partial charge in [0.05, 0.1) is 25.9 Å². The van der Waals surface area contributed by atoms with Gasteiger partial charge in [-0.15, -0.1) is 22.7 Å². The first-order chi connectivity index (χ1) is 17.9. The lowest BCUT2D eigenvalue weighted by Crippen LogP contribution is -2.45. The summed E-state index contributed by atoms with van der Waals surface area (Å²) < 4.78 is 0.966. The van der Waals surface area contributed by atoms with E-state index in [2.05, 4.69) is 31.4 Å². The van der Waals surface area contributed by atoms with Crippen LogP contribution in [0.25, 0.3) is 10.4 Å². The van der Waals surface area contributed by atoms with E-state index in [0.29, 0.717) is 27.1 Å². The number of piperidine rings is 1. The van der Waals surface area contributed by atoms with Crippen LogP contribution in [0.3, 0.4) is 0 Å². The molecule has 10 heteroatoms. The Balaban J connectivity index is 1.18. The lowest BCUT2D eigenvalue weighted by atomic mass is 10.0. The van der Waals surface area contributed by atoms with Crippen LogP contribution in [0.2, 0.25) is 0 Å². The van der Waals surface area contributed by atoms with Gasteiger partial charge in [0.1, 0.15) is 5.75 Å². The highest BCUT2D eigenvalue weighted by atomic mass is 79.9. The first kappa shape index (κ1) is 26.1. The largest absolute Gasteiger partial charge is 0.506 e. The second-order valence-electron chi connectivity index (χ2n) is 9.40. The number of nitrogens with zero attached hydrogens (tertiary/aromatic N) is 3. The standard InChI is InChI=1S/C27H29BrN4O3S2/c1-17(21-16-36-25(24(21)33)18-4-6-19(28)7-5-18)29-30-26(34)22-8-9-23(37-22)27(35)32-14-10-20(11-15-32)31-12-2-3-13-31/h4-9,16,20,33H,2-3,10-15H2,1H3,(H,30,34)/b29-17+. The fourth-order valence-corrected chi connectivity index (χ4v) is 7.08. The van der Waals surface area contributed by atoms with E-state index in [1.165, 1.54) is 48.6 Å². The van der Waals surface area contributed by atoms with Crippen molar-refractivity contribution in [1.82, 2.24) is 15.2 Å². The van der Waals surface area contributed by atoms with Crippen LogP contribution in [0.1, 0.15) is 57.5 Å². The summed E-state index contributed by atoms with van der Waals surface area (Å²) in [4.78, 5) is 32.0. The number of thiophene rings is 2. The van der Waals surface area contributed by atoms with Crippen LogP contribution in [0.5, 0.6) is 5.75 Å². The van der Waals surface area contributed by atoms with E-state index in [1.807, 2.05) is 34.5 Å².